The molecule has 1 aliphatic carbocycles. The molecule has 2 heterocycles. The first kappa shape index (κ1) is 27.4. The lowest BCUT2D eigenvalue weighted by Gasteiger charge is -2.48. The first-order chi connectivity index (χ1) is 17.6. The molecule has 2 aromatic rings. The molecule has 2 amide bonds. The molecule has 1 aliphatic heterocycles. The molecule has 202 valence electrons. The van der Waals surface area contributed by atoms with Crippen LogP contribution in [0.4, 0.5) is 4.79 Å². The minimum atomic E-state index is -0.714. The molecule has 2 aliphatic rings. The highest BCUT2D eigenvalue weighted by Gasteiger charge is 2.44. The van der Waals surface area contributed by atoms with Crippen LogP contribution in [0.3, 0.4) is 0 Å². The largest absolute Gasteiger partial charge is 0.444 e. The topological polar surface area (TPSA) is 89.4 Å². The zero-order chi connectivity index (χ0) is 26.5. The van der Waals surface area contributed by atoms with Gasteiger partial charge in [-0.2, -0.15) is 5.10 Å². The standard InChI is InChI=1S/C28H40ClN5O3/c1-27(2,3)37-26(36)32-24(17-21-9-11-23(29)12-10-21)25(35)33-15-13-28(14-16-33,18-34-20-30-19-31-34)22-7-5-4-6-8-22/h9-12,19-20,22,24H,4-8,13-18H2,1-3H3,(H,32,36)/t24-/m0/s1. The molecule has 9 heteroatoms. The fourth-order valence-electron chi connectivity index (χ4n) is 5.95. The van der Waals surface area contributed by atoms with Gasteiger partial charge in [0.05, 0.1) is 0 Å². The third-order valence-electron chi connectivity index (χ3n) is 7.83. The van der Waals surface area contributed by atoms with Crippen molar-refractivity contribution in [2.45, 2.75) is 90.3 Å². The minimum absolute atomic E-state index is 0.0705. The number of likely N-dealkylation sites (tertiary alicyclic amines) is 1. The van der Waals surface area contributed by atoms with Gasteiger partial charge in [-0.15, -0.1) is 0 Å². The van der Waals surface area contributed by atoms with Crippen LogP contribution in [-0.4, -0.2) is 56.4 Å². The summed E-state index contributed by atoms with van der Waals surface area (Å²) in [6, 6.07) is 6.67. The average molecular weight is 530 g/mol. The quantitative estimate of drug-likeness (QED) is 0.528. The minimum Gasteiger partial charge on any atom is -0.444 e. The summed E-state index contributed by atoms with van der Waals surface area (Å²) in [4.78, 5) is 32.5. The number of alkyl carbamates (subject to hydrolysis) is 1. The highest BCUT2D eigenvalue weighted by Crippen LogP contribution is 2.47. The second-order valence-corrected chi connectivity index (χ2v) is 12.1. The number of nitrogens with one attached hydrogen (secondary N) is 1. The lowest BCUT2D eigenvalue weighted by molar-refractivity contribution is -0.137. The number of piperidine rings is 1. The first-order valence-electron chi connectivity index (χ1n) is 13.5. The van der Waals surface area contributed by atoms with Gasteiger partial charge in [0.2, 0.25) is 5.91 Å². The van der Waals surface area contributed by atoms with E-state index in [9.17, 15) is 9.59 Å². The molecule has 1 aromatic heterocycles. The summed E-state index contributed by atoms with van der Waals surface area (Å²) >= 11 is 6.06. The normalized spacial score (nSPS) is 19.3. The van der Waals surface area contributed by atoms with E-state index >= 15 is 0 Å². The molecule has 1 N–H and O–H groups in total. The number of hydrogen-bond donors (Lipinski definition) is 1. The zero-order valence-electron chi connectivity index (χ0n) is 22.3. The predicted octanol–water partition coefficient (Wildman–Crippen LogP) is 5.26. The number of carbonyl (C=O) groups is 2. The van der Waals surface area contributed by atoms with Crippen LogP contribution >= 0.6 is 11.6 Å². The Labute approximate surface area is 225 Å². The van der Waals surface area contributed by atoms with Crippen LogP contribution < -0.4 is 5.32 Å². The Bertz CT molecular complexity index is 1020. The van der Waals surface area contributed by atoms with E-state index < -0.39 is 17.7 Å². The van der Waals surface area contributed by atoms with E-state index in [1.807, 2.05) is 42.5 Å². The van der Waals surface area contributed by atoms with E-state index in [4.69, 9.17) is 16.3 Å². The number of nitrogens with zero attached hydrogens (tertiary/aromatic N) is 4. The van der Waals surface area contributed by atoms with Gasteiger partial charge in [0.15, 0.2) is 0 Å². The summed E-state index contributed by atoms with van der Waals surface area (Å²) in [6.45, 7) is 7.60. The third-order valence-corrected chi connectivity index (χ3v) is 8.08. The van der Waals surface area contributed by atoms with Crippen molar-refractivity contribution in [2.75, 3.05) is 13.1 Å². The van der Waals surface area contributed by atoms with Gasteiger partial charge in [-0.1, -0.05) is 43.0 Å². The van der Waals surface area contributed by atoms with Crippen molar-refractivity contribution in [2.24, 2.45) is 11.3 Å². The molecule has 2 fully saturated rings. The molecule has 37 heavy (non-hydrogen) atoms. The number of hydrogen-bond acceptors (Lipinski definition) is 5. The van der Waals surface area contributed by atoms with Crippen molar-refractivity contribution in [3.05, 3.63) is 47.5 Å². The lowest BCUT2D eigenvalue weighted by atomic mass is 9.63. The van der Waals surface area contributed by atoms with Crippen molar-refractivity contribution in [3.8, 4) is 0 Å². The molecule has 0 unspecified atom stereocenters. The fourth-order valence-corrected chi connectivity index (χ4v) is 6.07. The summed E-state index contributed by atoms with van der Waals surface area (Å²) in [7, 11) is 0. The molecule has 1 saturated carbocycles. The van der Waals surface area contributed by atoms with Crippen molar-refractivity contribution in [1.82, 2.24) is 25.0 Å². The smallest absolute Gasteiger partial charge is 0.408 e. The van der Waals surface area contributed by atoms with Crippen LogP contribution in [0.15, 0.2) is 36.9 Å². The van der Waals surface area contributed by atoms with Gasteiger partial charge in [-0.25, -0.2) is 9.78 Å². The van der Waals surface area contributed by atoms with Gasteiger partial charge in [-0.05, 0) is 75.5 Å². The molecule has 0 spiro atoms. The maximum absolute atomic E-state index is 13.8. The lowest BCUT2D eigenvalue weighted by Crippen LogP contribution is -2.55. The Morgan fingerprint density at radius 1 is 1.14 bits per heavy atom. The highest BCUT2D eigenvalue weighted by atomic mass is 35.5. The van der Waals surface area contributed by atoms with E-state index in [0.29, 0.717) is 30.5 Å². The average Bonchev–Trinajstić information content (AvgIpc) is 3.37. The Balaban J connectivity index is 1.48. The van der Waals surface area contributed by atoms with E-state index in [1.54, 1.807) is 24.8 Å². The van der Waals surface area contributed by atoms with Gasteiger partial charge in [0, 0.05) is 31.1 Å². The predicted molar refractivity (Wildman–Crippen MR) is 143 cm³/mol. The molecule has 0 radical (unpaired) electrons. The van der Waals surface area contributed by atoms with Crippen LogP contribution in [0.25, 0.3) is 0 Å². The number of carbonyl (C=O) groups excluding carboxylic acids is 2. The Morgan fingerprint density at radius 2 is 1.81 bits per heavy atom. The molecule has 1 saturated heterocycles. The van der Waals surface area contributed by atoms with E-state index in [-0.39, 0.29) is 11.3 Å². The molecule has 0 bridgehead atoms. The van der Waals surface area contributed by atoms with Crippen molar-refractivity contribution in [1.29, 1.82) is 0 Å². The maximum Gasteiger partial charge on any atom is 0.408 e. The number of benzene rings is 1. The van der Waals surface area contributed by atoms with Gasteiger partial charge in [-0.3, -0.25) is 9.48 Å². The van der Waals surface area contributed by atoms with Crippen molar-refractivity contribution >= 4 is 23.6 Å². The molecule has 4 rings (SSSR count). The monoisotopic (exact) mass is 529 g/mol. The van der Waals surface area contributed by atoms with Crippen LogP contribution in [0.1, 0.15) is 71.3 Å². The maximum atomic E-state index is 13.8. The second kappa shape index (κ2) is 11.8. The summed E-state index contributed by atoms with van der Waals surface area (Å²) in [5.41, 5.74) is 0.387. The first-order valence-corrected chi connectivity index (χ1v) is 13.9. The second-order valence-electron chi connectivity index (χ2n) is 11.6. The van der Waals surface area contributed by atoms with Crippen LogP contribution in [0, 0.1) is 11.3 Å². The molecular formula is C28H40ClN5O3. The van der Waals surface area contributed by atoms with Gasteiger partial charge in [0.1, 0.15) is 24.3 Å². The summed E-state index contributed by atoms with van der Waals surface area (Å²) in [5, 5.41) is 7.88. The van der Waals surface area contributed by atoms with Crippen molar-refractivity contribution in [3.63, 3.8) is 0 Å². The number of aromatic nitrogens is 3. The number of ether oxygens (including phenoxy) is 1. The summed E-state index contributed by atoms with van der Waals surface area (Å²) in [5.74, 6) is 0.561. The molecular weight excluding hydrogens is 490 g/mol. The van der Waals surface area contributed by atoms with Crippen molar-refractivity contribution < 1.29 is 14.3 Å². The summed E-state index contributed by atoms with van der Waals surface area (Å²) in [6.07, 6.45) is 11.4. The third kappa shape index (κ3) is 7.46. The Hall–Kier alpha value is -2.61. The molecule has 8 nitrogen and oxygen atoms in total. The van der Waals surface area contributed by atoms with Crippen LogP contribution in [0.5, 0.6) is 0 Å². The van der Waals surface area contributed by atoms with Gasteiger partial charge < -0.3 is 15.0 Å². The summed E-state index contributed by atoms with van der Waals surface area (Å²) < 4.78 is 7.43. The zero-order valence-corrected chi connectivity index (χ0v) is 23.0. The van der Waals surface area contributed by atoms with Crippen LogP contribution in [-0.2, 0) is 22.5 Å². The number of halogens is 1. The number of rotatable bonds is 7. The van der Waals surface area contributed by atoms with Gasteiger partial charge >= 0.3 is 6.09 Å². The highest BCUT2D eigenvalue weighted by molar-refractivity contribution is 6.30. The fraction of sp³-hybridized carbons (Fsp3) is 0.643. The number of amides is 2. The van der Waals surface area contributed by atoms with Gasteiger partial charge in [0.25, 0.3) is 0 Å². The molecule has 1 atom stereocenters. The van der Waals surface area contributed by atoms with Crippen LogP contribution in [0.2, 0.25) is 5.02 Å². The van der Waals surface area contributed by atoms with E-state index in [0.717, 1.165) is 24.9 Å². The Kier molecular flexibility index (Phi) is 8.78. The van der Waals surface area contributed by atoms with E-state index in [1.165, 1.54) is 32.1 Å². The Morgan fingerprint density at radius 3 is 2.41 bits per heavy atom. The van der Waals surface area contributed by atoms with E-state index in [2.05, 4.69) is 15.4 Å². The SMILES string of the molecule is CC(C)(C)OC(=O)N[C@@H](Cc1ccc(Cl)cc1)C(=O)N1CCC(Cn2cncn2)(C2CCCCC2)CC1. The molecule has 1 aromatic carbocycles.